The maximum Gasteiger partial charge on any atom is 0.252 e. The van der Waals surface area contributed by atoms with E-state index in [0.29, 0.717) is 5.92 Å². The molecule has 2 heterocycles. The number of hydrogen-bond donors (Lipinski definition) is 2. The number of thiophene rings is 1. The summed E-state index contributed by atoms with van der Waals surface area (Å²) >= 11 is 1.56. The average Bonchev–Trinajstić information content (AvgIpc) is 2.81. The van der Waals surface area contributed by atoms with Crippen molar-refractivity contribution >= 4 is 17.2 Å². The Balaban J connectivity index is 1.75. The summed E-state index contributed by atoms with van der Waals surface area (Å²) in [4.78, 5) is 11.6. The van der Waals surface area contributed by atoms with Crippen LogP contribution in [-0.4, -0.2) is 25.5 Å². The van der Waals surface area contributed by atoms with E-state index in [1.54, 1.807) is 11.3 Å². The molecule has 0 saturated carbocycles. The second-order valence-electron chi connectivity index (χ2n) is 3.93. The lowest BCUT2D eigenvalue weighted by Gasteiger charge is -2.22. The summed E-state index contributed by atoms with van der Waals surface area (Å²) in [5.74, 6) is 0.656. The van der Waals surface area contributed by atoms with Gasteiger partial charge in [0.1, 0.15) is 0 Å². The molecule has 15 heavy (non-hydrogen) atoms. The minimum Gasteiger partial charge on any atom is -0.352 e. The van der Waals surface area contributed by atoms with Gasteiger partial charge in [-0.05, 0) is 43.3 Å². The molecule has 0 unspecified atom stereocenters. The normalized spacial score (nSPS) is 21.2. The van der Waals surface area contributed by atoms with Crippen LogP contribution in [0, 0.1) is 5.92 Å². The van der Waals surface area contributed by atoms with Crippen molar-refractivity contribution in [3.05, 3.63) is 22.4 Å². The highest BCUT2D eigenvalue weighted by Gasteiger charge is 2.14. The van der Waals surface area contributed by atoms with Crippen molar-refractivity contribution in [1.29, 1.82) is 0 Å². The monoisotopic (exact) mass is 224 g/mol. The average molecular weight is 224 g/mol. The van der Waals surface area contributed by atoms with Crippen molar-refractivity contribution in [3.63, 3.8) is 0 Å². The third kappa shape index (κ3) is 3.04. The van der Waals surface area contributed by atoms with E-state index in [0.717, 1.165) is 25.2 Å². The first-order chi connectivity index (χ1) is 7.36. The van der Waals surface area contributed by atoms with Gasteiger partial charge in [0.15, 0.2) is 0 Å². The van der Waals surface area contributed by atoms with Crippen LogP contribution in [0.25, 0.3) is 0 Å². The highest BCUT2D eigenvalue weighted by Crippen LogP contribution is 2.09. The van der Waals surface area contributed by atoms with Gasteiger partial charge >= 0.3 is 0 Å². The third-order valence-corrected chi connectivity index (χ3v) is 3.42. The Morgan fingerprint density at radius 2 is 2.60 bits per heavy atom. The minimum atomic E-state index is 0.0572. The van der Waals surface area contributed by atoms with Gasteiger partial charge in [0, 0.05) is 17.5 Å². The molecule has 1 aromatic heterocycles. The van der Waals surface area contributed by atoms with Crippen molar-refractivity contribution in [1.82, 2.24) is 10.6 Å². The summed E-state index contributed by atoms with van der Waals surface area (Å²) < 4.78 is 0. The van der Waals surface area contributed by atoms with E-state index in [-0.39, 0.29) is 5.91 Å². The Morgan fingerprint density at radius 3 is 3.27 bits per heavy atom. The molecule has 1 fully saturated rings. The lowest BCUT2D eigenvalue weighted by molar-refractivity contribution is 0.0945. The third-order valence-electron chi connectivity index (χ3n) is 2.73. The quantitative estimate of drug-likeness (QED) is 0.816. The maximum absolute atomic E-state index is 11.6. The molecule has 1 amide bonds. The zero-order valence-corrected chi connectivity index (χ0v) is 9.48. The molecule has 1 atom stereocenters. The Bertz CT molecular complexity index is 304. The Labute approximate surface area is 93.9 Å². The molecule has 3 nitrogen and oxygen atoms in total. The van der Waals surface area contributed by atoms with Crippen molar-refractivity contribution in [2.24, 2.45) is 5.92 Å². The summed E-state index contributed by atoms with van der Waals surface area (Å²) in [5, 5.41) is 10.1. The van der Waals surface area contributed by atoms with Gasteiger partial charge in [0.2, 0.25) is 0 Å². The van der Waals surface area contributed by atoms with Crippen molar-refractivity contribution in [2.75, 3.05) is 19.6 Å². The topological polar surface area (TPSA) is 41.1 Å². The highest BCUT2D eigenvalue weighted by molar-refractivity contribution is 7.08. The fraction of sp³-hybridized carbons (Fsp3) is 0.545. The number of nitrogens with one attached hydrogen (secondary N) is 2. The highest BCUT2D eigenvalue weighted by atomic mass is 32.1. The van der Waals surface area contributed by atoms with Gasteiger partial charge in [-0.15, -0.1) is 0 Å². The lowest BCUT2D eigenvalue weighted by atomic mass is 10.00. The molecule has 0 aromatic carbocycles. The fourth-order valence-corrected chi connectivity index (χ4v) is 2.47. The Morgan fingerprint density at radius 1 is 1.67 bits per heavy atom. The molecule has 2 N–H and O–H groups in total. The van der Waals surface area contributed by atoms with E-state index in [1.165, 1.54) is 12.8 Å². The smallest absolute Gasteiger partial charge is 0.252 e. The van der Waals surface area contributed by atoms with Gasteiger partial charge in [-0.1, -0.05) is 0 Å². The summed E-state index contributed by atoms with van der Waals surface area (Å²) in [6.45, 7) is 2.95. The number of rotatable bonds is 3. The van der Waals surface area contributed by atoms with Gasteiger partial charge in [-0.25, -0.2) is 0 Å². The zero-order valence-electron chi connectivity index (χ0n) is 8.66. The first-order valence-corrected chi connectivity index (χ1v) is 6.31. The van der Waals surface area contributed by atoms with Crippen LogP contribution in [0.3, 0.4) is 0 Å². The molecule has 82 valence electrons. The molecule has 1 aromatic rings. The summed E-state index contributed by atoms with van der Waals surface area (Å²) in [6, 6.07) is 1.86. The zero-order chi connectivity index (χ0) is 10.5. The number of carbonyl (C=O) groups is 1. The van der Waals surface area contributed by atoms with Gasteiger partial charge < -0.3 is 10.6 Å². The Kier molecular flexibility index (Phi) is 3.75. The number of hydrogen-bond acceptors (Lipinski definition) is 3. The molecule has 0 bridgehead atoms. The first kappa shape index (κ1) is 10.6. The molecule has 0 aliphatic carbocycles. The van der Waals surface area contributed by atoms with Crippen LogP contribution in [0.15, 0.2) is 16.8 Å². The van der Waals surface area contributed by atoms with Crippen LogP contribution in [-0.2, 0) is 0 Å². The largest absolute Gasteiger partial charge is 0.352 e. The summed E-state index contributed by atoms with van der Waals surface area (Å²) in [7, 11) is 0. The van der Waals surface area contributed by atoms with E-state index in [9.17, 15) is 4.79 Å². The maximum atomic E-state index is 11.6. The van der Waals surface area contributed by atoms with Gasteiger partial charge in [-0.3, -0.25) is 4.79 Å². The second kappa shape index (κ2) is 5.28. The molecule has 1 saturated heterocycles. The second-order valence-corrected chi connectivity index (χ2v) is 4.71. The number of carbonyl (C=O) groups excluding carboxylic acids is 1. The summed E-state index contributed by atoms with van der Waals surface area (Å²) in [6.07, 6.45) is 2.44. The van der Waals surface area contributed by atoms with Crippen LogP contribution < -0.4 is 10.6 Å². The lowest BCUT2D eigenvalue weighted by Crippen LogP contribution is -2.37. The van der Waals surface area contributed by atoms with Crippen LogP contribution >= 0.6 is 11.3 Å². The molecule has 1 aliphatic heterocycles. The number of amides is 1. The molecular formula is C11H16N2OS. The first-order valence-electron chi connectivity index (χ1n) is 5.37. The summed E-state index contributed by atoms with van der Waals surface area (Å²) in [5.41, 5.74) is 0.781. The van der Waals surface area contributed by atoms with Crippen molar-refractivity contribution in [2.45, 2.75) is 12.8 Å². The van der Waals surface area contributed by atoms with E-state index in [4.69, 9.17) is 0 Å². The Hall–Kier alpha value is -0.870. The van der Waals surface area contributed by atoms with Gasteiger partial charge in [0.25, 0.3) is 5.91 Å². The molecular weight excluding hydrogens is 208 g/mol. The van der Waals surface area contributed by atoms with Crippen LogP contribution in [0.5, 0.6) is 0 Å². The molecule has 2 rings (SSSR count). The van der Waals surface area contributed by atoms with Gasteiger partial charge in [-0.2, -0.15) is 11.3 Å². The van der Waals surface area contributed by atoms with Crippen LogP contribution in [0.1, 0.15) is 23.2 Å². The van der Waals surface area contributed by atoms with Crippen LogP contribution in [0.4, 0.5) is 0 Å². The van der Waals surface area contributed by atoms with E-state index < -0.39 is 0 Å². The minimum absolute atomic E-state index is 0.0572. The molecule has 1 aliphatic rings. The molecule has 0 radical (unpaired) electrons. The molecule has 0 spiro atoms. The standard InChI is InChI=1S/C11H16N2OS/c14-11(10-3-5-15-8-10)13-7-9-2-1-4-12-6-9/h3,5,8-9,12H,1-2,4,6-7H2,(H,13,14)/t9-/m0/s1. The van der Waals surface area contributed by atoms with E-state index >= 15 is 0 Å². The predicted molar refractivity (Wildman–Crippen MR) is 62.2 cm³/mol. The molecule has 4 heteroatoms. The van der Waals surface area contributed by atoms with E-state index in [2.05, 4.69) is 10.6 Å². The van der Waals surface area contributed by atoms with Crippen molar-refractivity contribution < 1.29 is 4.79 Å². The van der Waals surface area contributed by atoms with Crippen LogP contribution in [0.2, 0.25) is 0 Å². The predicted octanol–water partition coefficient (Wildman–Crippen LogP) is 1.48. The SMILES string of the molecule is O=C(NC[C@H]1CCCNC1)c1ccsc1. The van der Waals surface area contributed by atoms with E-state index in [1.807, 2.05) is 16.8 Å². The van der Waals surface area contributed by atoms with Crippen molar-refractivity contribution in [3.8, 4) is 0 Å². The van der Waals surface area contributed by atoms with Gasteiger partial charge in [0.05, 0.1) is 0 Å². The number of piperidine rings is 1. The fourth-order valence-electron chi connectivity index (χ4n) is 1.83.